The molecule has 1 aliphatic carbocycles. The molecule has 1 aliphatic heterocycles. The first-order chi connectivity index (χ1) is 10.7. The maximum atomic E-state index is 7.65. The lowest BCUT2D eigenvalue weighted by Gasteiger charge is -2.30. The summed E-state index contributed by atoms with van der Waals surface area (Å²) in [4.78, 5) is 2.29. The van der Waals surface area contributed by atoms with Crippen LogP contribution < -0.4 is 4.74 Å². The number of rotatable bonds is 3. The first-order valence-corrected chi connectivity index (χ1v) is 7.65. The molecule has 0 aromatic heterocycles. The van der Waals surface area contributed by atoms with Crippen LogP contribution in [-0.4, -0.2) is 23.7 Å². The molecule has 3 nitrogen and oxygen atoms in total. The molecule has 1 heterocycles. The van der Waals surface area contributed by atoms with E-state index in [1.807, 2.05) is 30.4 Å². The maximum Gasteiger partial charge on any atom is 0.157 e. The topological polar surface area (TPSA) is 36.3 Å². The molecule has 1 N–H and O–H groups in total. The van der Waals surface area contributed by atoms with Crippen molar-refractivity contribution in [2.24, 2.45) is 0 Å². The summed E-state index contributed by atoms with van der Waals surface area (Å²) in [5, 5.41) is 7.65. The van der Waals surface area contributed by atoms with Gasteiger partial charge in [0.05, 0.1) is 11.4 Å². The van der Waals surface area contributed by atoms with Gasteiger partial charge in [-0.15, -0.1) is 0 Å². The van der Waals surface area contributed by atoms with Gasteiger partial charge in [-0.1, -0.05) is 18.2 Å². The van der Waals surface area contributed by atoms with Gasteiger partial charge in [0, 0.05) is 24.2 Å². The molecule has 112 valence electrons. The van der Waals surface area contributed by atoms with Crippen molar-refractivity contribution in [1.82, 2.24) is 4.90 Å². The molecule has 0 amide bonds. The highest BCUT2D eigenvalue weighted by Crippen LogP contribution is 2.35. The Morgan fingerprint density at radius 3 is 2.36 bits per heavy atom. The van der Waals surface area contributed by atoms with E-state index in [0.29, 0.717) is 5.71 Å². The number of hydrogen-bond acceptors (Lipinski definition) is 3. The van der Waals surface area contributed by atoms with Gasteiger partial charge in [-0.2, -0.15) is 0 Å². The normalized spacial score (nSPS) is 16.3. The number of fused-ring (bicyclic) bond motifs is 1. The van der Waals surface area contributed by atoms with E-state index in [1.165, 1.54) is 0 Å². The molecule has 0 saturated carbocycles. The molecule has 2 aliphatic rings. The van der Waals surface area contributed by atoms with E-state index in [2.05, 4.69) is 30.9 Å². The van der Waals surface area contributed by atoms with E-state index in [4.69, 9.17) is 10.1 Å². The molecular weight excluding hydrogens is 272 g/mol. The van der Waals surface area contributed by atoms with Gasteiger partial charge in [-0.3, -0.25) is 0 Å². The summed E-state index contributed by atoms with van der Waals surface area (Å²) in [5.74, 6) is 1.74. The lowest BCUT2D eigenvalue weighted by Crippen LogP contribution is -2.27. The molecule has 0 bridgehead atoms. The van der Waals surface area contributed by atoms with Crippen LogP contribution in [0.1, 0.15) is 19.4 Å². The van der Waals surface area contributed by atoms with Crippen LogP contribution >= 0.6 is 0 Å². The summed E-state index contributed by atoms with van der Waals surface area (Å²) in [6, 6.07) is 8.07. The molecule has 3 rings (SSSR count). The molecule has 0 saturated heterocycles. The third kappa shape index (κ3) is 2.62. The number of hydrogen-bond donors (Lipinski definition) is 1. The van der Waals surface area contributed by atoms with Gasteiger partial charge >= 0.3 is 0 Å². The number of para-hydroxylation sites is 1. The standard InChI is InChI=1S/C19H20N2O/c1-3-21(4-2)17-13-15-7-5-6-8-18(15)22-19(17)14-9-11-16(20)12-10-14/h5-13,20H,3-4H2,1-2H3. The molecule has 22 heavy (non-hydrogen) atoms. The van der Waals surface area contributed by atoms with Gasteiger partial charge < -0.3 is 15.0 Å². The molecular formula is C19H20N2O. The Labute approximate surface area is 131 Å². The van der Waals surface area contributed by atoms with Crippen LogP contribution in [0.2, 0.25) is 0 Å². The van der Waals surface area contributed by atoms with E-state index >= 15 is 0 Å². The Kier molecular flexibility index (Phi) is 3.96. The zero-order valence-corrected chi connectivity index (χ0v) is 13.0. The second-order valence-electron chi connectivity index (χ2n) is 5.25. The summed E-state index contributed by atoms with van der Waals surface area (Å²) in [6.45, 7) is 6.15. The summed E-state index contributed by atoms with van der Waals surface area (Å²) in [7, 11) is 0. The van der Waals surface area contributed by atoms with Crippen molar-refractivity contribution in [3.8, 4) is 5.75 Å². The van der Waals surface area contributed by atoms with Crippen molar-refractivity contribution in [1.29, 1.82) is 5.41 Å². The SMILES string of the molecule is CCN(CC)C1=Cc2ccccc2OC1=C1C=CC(=N)C=C1. The highest BCUT2D eigenvalue weighted by atomic mass is 16.5. The fourth-order valence-electron chi connectivity index (χ4n) is 2.70. The average molecular weight is 292 g/mol. The van der Waals surface area contributed by atoms with Gasteiger partial charge in [0.2, 0.25) is 0 Å². The Hall–Kier alpha value is -2.55. The smallest absolute Gasteiger partial charge is 0.157 e. The number of likely N-dealkylation sites (N-methyl/N-ethyl adjacent to an activating group) is 1. The quantitative estimate of drug-likeness (QED) is 0.908. The van der Waals surface area contributed by atoms with E-state index in [-0.39, 0.29) is 0 Å². The van der Waals surface area contributed by atoms with E-state index in [1.54, 1.807) is 12.2 Å². The Morgan fingerprint density at radius 2 is 1.68 bits per heavy atom. The number of ether oxygens (including phenoxy) is 1. The van der Waals surface area contributed by atoms with Crippen molar-refractivity contribution < 1.29 is 4.74 Å². The fraction of sp³-hybridized carbons (Fsp3) is 0.211. The number of allylic oxidation sites excluding steroid dienone is 5. The van der Waals surface area contributed by atoms with Gasteiger partial charge in [-0.05, 0) is 50.3 Å². The van der Waals surface area contributed by atoms with E-state index < -0.39 is 0 Å². The van der Waals surface area contributed by atoms with Crippen LogP contribution in [0.15, 0.2) is 65.6 Å². The summed E-state index contributed by atoms with van der Waals surface area (Å²) < 4.78 is 6.20. The number of nitrogens with zero attached hydrogens (tertiary/aromatic N) is 1. The van der Waals surface area contributed by atoms with Crippen LogP contribution in [0.5, 0.6) is 5.75 Å². The first kappa shape index (κ1) is 14.4. The fourth-order valence-corrected chi connectivity index (χ4v) is 2.70. The zero-order valence-electron chi connectivity index (χ0n) is 13.0. The Bertz CT molecular complexity index is 701. The molecule has 0 atom stereocenters. The predicted octanol–water partition coefficient (Wildman–Crippen LogP) is 4.16. The Balaban J connectivity index is 2.13. The van der Waals surface area contributed by atoms with Gasteiger partial charge in [0.15, 0.2) is 5.76 Å². The van der Waals surface area contributed by atoms with Crippen LogP contribution in [0.25, 0.3) is 6.08 Å². The first-order valence-electron chi connectivity index (χ1n) is 7.65. The summed E-state index contributed by atoms with van der Waals surface area (Å²) in [5.41, 5.74) is 3.71. The second kappa shape index (κ2) is 6.06. The molecule has 0 unspecified atom stereocenters. The maximum absolute atomic E-state index is 7.65. The lowest BCUT2D eigenvalue weighted by molar-refractivity contribution is 0.331. The minimum Gasteiger partial charge on any atom is -0.454 e. The van der Waals surface area contributed by atoms with E-state index in [9.17, 15) is 0 Å². The minimum atomic E-state index is 0.508. The van der Waals surface area contributed by atoms with Crippen LogP contribution in [0.3, 0.4) is 0 Å². The van der Waals surface area contributed by atoms with E-state index in [0.717, 1.165) is 41.4 Å². The Morgan fingerprint density at radius 1 is 1.00 bits per heavy atom. The monoisotopic (exact) mass is 292 g/mol. The third-order valence-corrected chi connectivity index (χ3v) is 3.91. The number of nitrogens with one attached hydrogen (secondary N) is 1. The molecule has 3 heteroatoms. The van der Waals surface area contributed by atoms with Crippen molar-refractivity contribution in [3.63, 3.8) is 0 Å². The predicted molar refractivity (Wildman–Crippen MR) is 91.0 cm³/mol. The average Bonchev–Trinajstić information content (AvgIpc) is 2.56. The van der Waals surface area contributed by atoms with Gasteiger partial charge in [0.1, 0.15) is 5.75 Å². The highest BCUT2D eigenvalue weighted by molar-refractivity contribution is 6.03. The van der Waals surface area contributed by atoms with Crippen molar-refractivity contribution in [3.05, 3.63) is 71.2 Å². The molecule has 0 fully saturated rings. The van der Waals surface area contributed by atoms with Crippen molar-refractivity contribution in [2.75, 3.05) is 13.1 Å². The minimum absolute atomic E-state index is 0.508. The van der Waals surface area contributed by atoms with Gasteiger partial charge in [-0.25, -0.2) is 0 Å². The summed E-state index contributed by atoms with van der Waals surface area (Å²) in [6.07, 6.45) is 9.68. The second-order valence-corrected chi connectivity index (χ2v) is 5.25. The van der Waals surface area contributed by atoms with Crippen LogP contribution in [0.4, 0.5) is 0 Å². The third-order valence-electron chi connectivity index (χ3n) is 3.91. The zero-order chi connectivity index (χ0) is 15.5. The molecule has 1 aromatic rings. The van der Waals surface area contributed by atoms with Crippen LogP contribution in [-0.2, 0) is 0 Å². The van der Waals surface area contributed by atoms with Crippen molar-refractivity contribution >= 4 is 11.8 Å². The summed E-state index contributed by atoms with van der Waals surface area (Å²) >= 11 is 0. The molecule has 1 aromatic carbocycles. The highest BCUT2D eigenvalue weighted by Gasteiger charge is 2.23. The van der Waals surface area contributed by atoms with Crippen molar-refractivity contribution in [2.45, 2.75) is 13.8 Å². The van der Waals surface area contributed by atoms with Crippen LogP contribution in [0, 0.1) is 5.41 Å². The molecule has 0 radical (unpaired) electrons. The largest absolute Gasteiger partial charge is 0.454 e. The molecule has 0 spiro atoms. The number of benzene rings is 1. The van der Waals surface area contributed by atoms with Gasteiger partial charge in [0.25, 0.3) is 0 Å². The lowest BCUT2D eigenvalue weighted by atomic mass is 10.0.